The minimum absolute atomic E-state index is 0.145. The summed E-state index contributed by atoms with van der Waals surface area (Å²) in [6.45, 7) is 18.3. The molecule has 48 heavy (non-hydrogen) atoms. The summed E-state index contributed by atoms with van der Waals surface area (Å²) >= 11 is 0. The van der Waals surface area contributed by atoms with Crippen LogP contribution in [-0.4, -0.2) is 74.5 Å². The molecule has 0 atom stereocenters. The summed E-state index contributed by atoms with van der Waals surface area (Å²) in [5, 5.41) is 0. The average Bonchev–Trinajstić information content (AvgIpc) is 3.06. The second-order valence-corrected chi connectivity index (χ2v) is 10.7. The summed E-state index contributed by atoms with van der Waals surface area (Å²) < 4.78 is 31.2. The van der Waals surface area contributed by atoms with Crippen LogP contribution in [-0.2, 0) is 47.6 Å². The standard InChI is InChI=1S/C36H38O12/c1-21(2)31(37)43-17-29(18-44-32(38)22(3)4)47-35(41)27-13-9-25(10-14-27)26-11-15-28(16-12-26)36(42)48-30(19-45-33(39)23(5)6)20-46-34(40)24(7)8/h9-16,29-30H,1,3,5,7,17-20H2,2,4,6,8H3. The Balaban J connectivity index is 2.09. The van der Waals surface area contributed by atoms with E-state index in [-0.39, 0.29) is 59.8 Å². The fraction of sp³-hybridized carbons (Fsp3) is 0.278. The van der Waals surface area contributed by atoms with Crippen molar-refractivity contribution in [3.8, 4) is 11.1 Å². The Labute approximate surface area is 278 Å². The summed E-state index contributed by atoms with van der Waals surface area (Å²) in [6, 6.07) is 12.7. The van der Waals surface area contributed by atoms with Gasteiger partial charge in [-0.05, 0) is 63.1 Å². The first kappa shape index (κ1) is 38.4. The van der Waals surface area contributed by atoms with Crippen molar-refractivity contribution in [3.05, 3.63) is 108 Å². The van der Waals surface area contributed by atoms with Crippen molar-refractivity contribution >= 4 is 35.8 Å². The van der Waals surface area contributed by atoms with E-state index in [4.69, 9.17) is 28.4 Å². The van der Waals surface area contributed by atoms with E-state index in [1.165, 1.54) is 52.0 Å². The second-order valence-electron chi connectivity index (χ2n) is 10.7. The molecule has 0 N–H and O–H groups in total. The van der Waals surface area contributed by atoms with Crippen LogP contribution in [0.4, 0.5) is 0 Å². The van der Waals surface area contributed by atoms with E-state index in [1.54, 1.807) is 24.3 Å². The third-order valence-corrected chi connectivity index (χ3v) is 6.12. The van der Waals surface area contributed by atoms with E-state index < -0.39 is 48.0 Å². The second kappa shape index (κ2) is 18.4. The lowest BCUT2D eigenvalue weighted by molar-refractivity contribution is -0.149. The molecule has 2 aromatic carbocycles. The van der Waals surface area contributed by atoms with Gasteiger partial charge in [-0.3, -0.25) is 0 Å². The Hall–Kier alpha value is -5.78. The molecule has 254 valence electrons. The molecule has 12 nitrogen and oxygen atoms in total. The van der Waals surface area contributed by atoms with Crippen LogP contribution in [0.25, 0.3) is 11.1 Å². The number of rotatable bonds is 17. The lowest BCUT2D eigenvalue weighted by Gasteiger charge is -2.18. The Morgan fingerprint density at radius 1 is 0.458 bits per heavy atom. The highest BCUT2D eigenvalue weighted by molar-refractivity contribution is 5.92. The Morgan fingerprint density at radius 3 is 0.896 bits per heavy atom. The lowest BCUT2D eigenvalue weighted by atomic mass is 10.0. The van der Waals surface area contributed by atoms with Crippen molar-refractivity contribution in [2.45, 2.75) is 39.9 Å². The van der Waals surface area contributed by atoms with Gasteiger partial charge in [-0.2, -0.15) is 0 Å². The van der Waals surface area contributed by atoms with Crippen LogP contribution in [0.5, 0.6) is 0 Å². The molecule has 0 aliphatic carbocycles. The Morgan fingerprint density at radius 2 is 0.688 bits per heavy atom. The molecule has 0 radical (unpaired) electrons. The molecule has 0 fully saturated rings. The van der Waals surface area contributed by atoms with E-state index in [1.807, 2.05) is 0 Å². The zero-order chi connectivity index (χ0) is 36.0. The van der Waals surface area contributed by atoms with E-state index >= 15 is 0 Å². The van der Waals surface area contributed by atoms with Crippen LogP contribution < -0.4 is 0 Å². The number of carbonyl (C=O) groups is 6. The predicted octanol–water partition coefficient (Wildman–Crippen LogP) is 4.88. The van der Waals surface area contributed by atoms with E-state index in [2.05, 4.69) is 26.3 Å². The van der Waals surface area contributed by atoms with Gasteiger partial charge in [-0.1, -0.05) is 50.6 Å². The molecule has 0 bridgehead atoms. The van der Waals surface area contributed by atoms with Gasteiger partial charge in [-0.25, -0.2) is 28.8 Å². The summed E-state index contributed by atoms with van der Waals surface area (Å²) in [7, 11) is 0. The first-order chi connectivity index (χ1) is 22.6. The molecular weight excluding hydrogens is 624 g/mol. The van der Waals surface area contributed by atoms with Crippen LogP contribution in [0, 0.1) is 0 Å². The molecule has 0 spiro atoms. The maximum Gasteiger partial charge on any atom is 0.338 e. The number of hydrogen-bond acceptors (Lipinski definition) is 12. The van der Waals surface area contributed by atoms with Crippen molar-refractivity contribution < 1.29 is 57.2 Å². The van der Waals surface area contributed by atoms with Gasteiger partial charge in [0.05, 0.1) is 11.1 Å². The van der Waals surface area contributed by atoms with E-state index in [9.17, 15) is 28.8 Å². The average molecular weight is 663 g/mol. The first-order valence-electron chi connectivity index (χ1n) is 14.5. The van der Waals surface area contributed by atoms with Gasteiger partial charge in [0.2, 0.25) is 0 Å². The van der Waals surface area contributed by atoms with Crippen molar-refractivity contribution in [3.63, 3.8) is 0 Å². The quantitative estimate of drug-likeness (QED) is 0.129. The summed E-state index contributed by atoms with van der Waals surface area (Å²) in [4.78, 5) is 73.0. The molecule has 2 rings (SSSR count). The maximum absolute atomic E-state index is 12.8. The molecule has 0 aromatic heterocycles. The fourth-order valence-electron chi connectivity index (χ4n) is 3.44. The van der Waals surface area contributed by atoms with Gasteiger partial charge < -0.3 is 28.4 Å². The topological polar surface area (TPSA) is 158 Å². The molecule has 12 heteroatoms. The highest BCUT2D eigenvalue weighted by atomic mass is 16.6. The van der Waals surface area contributed by atoms with Crippen molar-refractivity contribution in [2.24, 2.45) is 0 Å². The summed E-state index contributed by atoms with van der Waals surface area (Å²) in [5.74, 6) is -4.28. The lowest BCUT2D eigenvalue weighted by Crippen LogP contribution is -2.31. The molecule has 0 saturated heterocycles. The zero-order valence-electron chi connectivity index (χ0n) is 27.3. The Bertz CT molecular complexity index is 1400. The molecule has 0 heterocycles. The third kappa shape index (κ3) is 12.5. The van der Waals surface area contributed by atoms with Gasteiger partial charge in [0.1, 0.15) is 26.4 Å². The molecule has 0 unspecified atom stereocenters. The maximum atomic E-state index is 12.8. The highest BCUT2D eigenvalue weighted by Gasteiger charge is 2.23. The van der Waals surface area contributed by atoms with Crippen molar-refractivity contribution in [1.29, 1.82) is 0 Å². The van der Waals surface area contributed by atoms with E-state index in [0.717, 1.165) is 0 Å². The Kier molecular flexibility index (Phi) is 14.7. The monoisotopic (exact) mass is 662 g/mol. The zero-order valence-corrected chi connectivity index (χ0v) is 27.3. The molecule has 0 aliphatic rings. The van der Waals surface area contributed by atoms with Gasteiger partial charge in [0.25, 0.3) is 0 Å². The molecule has 0 aliphatic heterocycles. The van der Waals surface area contributed by atoms with Gasteiger partial charge in [0.15, 0.2) is 12.2 Å². The van der Waals surface area contributed by atoms with Crippen LogP contribution in [0.1, 0.15) is 48.4 Å². The van der Waals surface area contributed by atoms with Gasteiger partial charge >= 0.3 is 35.8 Å². The molecule has 0 amide bonds. The number of esters is 6. The number of carbonyl (C=O) groups excluding carboxylic acids is 6. The minimum Gasteiger partial charge on any atom is -0.458 e. The fourth-order valence-corrected chi connectivity index (χ4v) is 3.44. The number of ether oxygens (including phenoxy) is 6. The molecule has 2 aromatic rings. The van der Waals surface area contributed by atoms with Gasteiger partial charge in [0, 0.05) is 22.3 Å². The number of hydrogen-bond donors (Lipinski definition) is 0. The SMILES string of the molecule is C=C(C)C(=O)OCC(COC(=O)C(=C)C)OC(=O)c1ccc(-c2ccc(C(=O)OC(COC(=O)C(=C)C)COC(=O)C(=C)C)cc2)cc1. The smallest absolute Gasteiger partial charge is 0.338 e. The minimum atomic E-state index is -1.09. The van der Waals surface area contributed by atoms with Crippen LogP contribution in [0.15, 0.2) is 97.1 Å². The highest BCUT2D eigenvalue weighted by Crippen LogP contribution is 2.22. The predicted molar refractivity (Wildman–Crippen MR) is 173 cm³/mol. The first-order valence-corrected chi connectivity index (χ1v) is 14.5. The summed E-state index contributed by atoms with van der Waals surface area (Å²) in [5.41, 5.74) is 2.33. The van der Waals surface area contributed by atoms with Crippen LogP contribution in [0.3, 0.4) is 0 Å². The van der Waals surface area contributed by atoms with Crippen LogP contribution >= 0.6 is 0 Å². The largest absolute Gasteiger partial charge is 0.458 e. The molecule has 0 saturated carbocycles. The summed E-state index contributed by atoms with van der Waals surface area (Å²) in [6.07, 6.45) is -2.18. The van der Waals surface area contributed by atoms with Crippen molar-refractivity contribution in [1.82, 2.24) is 0 Å². The van der Waals surface area contributed by atoms with E-state index in [0.29, 0.717) is 11.1 Å². The normalized spacial score (nSPS) is 10.4. The van der Waals surface area contributed by atoms with Crippen molar-refractivity contribution in [2.75, 3.05) is 26.4 Å². The molecular formula is C36H38O12. The van der Waals surface area contributed by atoms with Crippen LogP contribution in [0.2, 0.25) is 0 Å². The third-order valence-electron chi connectivity index (χ3n) is 6.12. The number of benzene rings is 2. The van der Waals surface area contributed by atoms with Gasteiger partial charge in [-0.15, -0.1) is 0 Å².